The number of morpholine rings is 1. The van der Waals surface area contributed by atoms with Crippen LogP contribution in [0.1, 0.15) is 12.0 Å². The Morgan fingerprint density at radius 2 is 1.43 bits per heavy atom. The Kier molecular flexibility index (Phi) is 6.28. The predicted octanol–water partition coefficient (Wildman–Crippen LogP) is 2.70. The molecule has 1 aromatic rings. The molecule has 0 saturated carbocycles. The maximum atomic E-state index is 12.6. The van der Waals surface area contributed by atoms with E-state index in [9.17, 15) is 22.8 Å². The minimum Gasteiger partial charge on any atom is -0.378 e. The van der Waals surface area contributed by atoms with Crippen molar-refractivity contribution in [3.05, 3.63) is 29.8 Å². The molecule has 0 bridgehead atoms. The van der Waals surface area contributed by atoms with Gasteiger partial charge in [0, 0.05) is 45.0 Å². The van der Waals surface area contributed by atoms with Gasteiger partial charge in [0.25, 0.3) is 0 Å². The van der Waals surface area contributed by atoms with Crippen molar-refractivity contribution in [1.82, 2.24) is 14.7 Å². The van der Waals surface area contributed by atoms with Crippen LogP contribution in [0.5, 0.6) is 0 Å². The highest BCUT2D eigenvalue weighted by molar-refractivity contribution is 5.89. The van der Waals surface area contributed by atoms with E-state index >= 15 is 0 Å². The molecule has 2 saturated heterocycles. The third-order valence-corrected chi connectivity index (χ3v) is 4.80. The van der Waals surface area contributed by atoms with Gasteiger partial charge in [-0.3, -0.25) is 0 Å². The number of amides is 4. The number of urea groups is 2. The van der Waals surface area contributed by atoms with Crippen LogP contribution >= 0.6 is 0 Å². The van der Waals surface area contributed by atoms with Crippen LogP contribution in [0, 0.1) is 0 Å². The molecule has 0 aliphatic carbocycles. The summed E-state index contributed by atoms with van der Waals surface area (Å²) in [5.41, 5.74) is -0.471. The van der Waals surface area contributed by atoms with E-state index in [1.807, 2.05) is 0 Å². The van der Waals surface area contributed by atoms with Gasteiger partial charge in [0.05, 0.1) is 18.8 Å². The first-order chi connectivity index (χ1) is 13.3. The molecule has 28 heavy (non-hydrogen) atoms. The molecule has 154 valence electrons. The number of rotatable bonds is 1. The summed E-state index contributed by atoms with van der Waals surface area (Å²) in [5.74, 6) is 0. The third-order valence-electron chi connectivity index (χ3n) is 4.80. The van der Waals surface area contributed by atoms with Gasteiger partial charge in [-0.25, -0.2) is 9.59 Å². The lowest BCUT2D eigenvalue weighted by atomic mass is 10.2. The zero-order chi connectivity index (χ0) is 20.1. The van der Waals surface area contributed by atoms with Gasteiger partial charge in [0.15, 0.2) is 0 Å². The molecule has 2 fully saturated rings. The maximum absolute atomic E-state index is 12.6. The molecule has 1 aromatic carbocycles. The first-order valence-corrected chi connectivity index (χ1v) is 9.19. The summed E-state index contributed by atoms with van der Waals surface area (Å²) < 4.78 is 43.1. The van der Waals surface area contributed by atoms with E-state index in [2.05, 4.69) is 5.32 Å². The minimum absolute atomic E-state index is 0.0479. The van der Waals surface area contributed by atoms with Crippen molar-refractivity contribution in [3.8, 4) is 0 Å². The molecule has 0 spiro atoms. The van der Waals surface area contributed by atoms with E-state index in [0.29, 0.717) is 64.6 Å². The number of anilines is 1. The van der Waals surface area contributed by atoms with E-state index in [1.165, 1.54) is 12.1 Å². The Morgan fingerprint density at radius 3 is 2.07 bits per heavy atom. The fourth-order valence-corrected chi connectivity index (χ4v) is 3.21. The van der Waals surface area contributed by atoms with Crippen LogP contribution in [0.2, 0.25) is 0 Å². The summed E-state index contributed by atoms with van der Waals surface area (Å²) in [6, 6.07) is 3.88. The second-order valence-corrected chi connectivity index (χ2v) is 6.71. The molecule has 10 heteroatoms. The molecule has 0 aromatic heterocycles. The van der Waals surface area contributed by atoms with Gasteiger partial charge in [0.1, 0.15) is 0 Å². The number of alkyl halides is 3. The summed E-state index contributed by atoms with van der Waals surface area (Å²) in [6.07, 6.45) is -3.78. The quantitative estimate of drug-likeness (QED) is 0.788. The van der Waals surface area contributed by atoms with Crippen molar-refractivity contribution in [2.45, 2.75) is 12.6 Å². The topological polar surface area (TPSA) is 65.1 Å². The zero-order valence-electron chi connectivity index (χ0n) is 15.4. The van der Waals surface area contributed by atoms with E-state index in [1.54, 1.807) is 14.7 Å². The van der Waals surface area contributed by atoms with Crippen molar-refractivity contribution in [2.75, 3.05) is 57.8 Å². The minimum atomic E-state index is -4.41. The van der Waals surface area contributed by atoms with E-state index in [4.69, 9.17) is 4.74 Å². The van der Waals surface area contributed by atoms with Crippen LogP contribution < -0.4 is 5.32 Å². The number of ether oxygens (including phenoxy) is 1. The van der Waals surface area contributed by atoms with Crippen LogP contribution in [-0.4, -0.2) is 79.2 Å². The highest BCUT2D eigenvalue weighted by Crippen LogP contribution is 2.29. The van der Waals surface area contributed by atoms with Crippen LogP contribution in [0.25, 0.3) is 0 Å². The van der Waals surface area contributed by atoms with Gasteiger partial charge in [0.2, 0.25) is 0 Å². The predicted molar refractivity (Wildman–Crippen MR) is 96.0 cm³/mol. The average Bonchev–Trinajstić information content (AvgIpc) is 2.94. The number of hydrogen-bond donors (Lipinski definition) is 1. The summed E-state index contributed by atoms with van der Waals surface area (Å²) in [5, 5.41) is 2.61. The Hall–Kier alpha value is -2.49. The smallest absolute Gasteiger partial charge is 0.378 e. The van der Waals surface area contributed by atoms with E-state index in [0.717, 1.165) is 12.1 Å². The highest BCUT2D eigenvalue weighted by Gasteiger charge is 2.30. The van der Waals surface area contributed by atoms with Crippen molar-refractivity contribution >= 4 is 17.7 Å². The average molecular weight is 400 g/mol. The number of hydrogen-bond acceptors (Lipinski definition) is 3. The molecule has 0 radical (unpaired) electrons. The molecule has 1 N–H and O–H groups in total. The number of nitrogens with zero attached hydrogens (tertiary/aromatic N) is 3. The Labute approximate surface area is 161 Å². The highest BCUT2D eigenvalue weighted by atomic mass is 19.4. The van der Waals surface area contributed by atoms with Crippen molar-refractivity contribution in [3.63, 3.8) is 0 Å². The summed E-state index contributed by atoms with van der Waals surface area (Å²) in [7, 11) is 0. The lowest BCUT2D eigenvalue weighted by molar-refractivity contribution is -0.137. The maximum Gasteiger partial charge on any atom is 0.416 e. The van der Waals surface area contributed by atoms with Crippen LogP contribution in [0.3, 0.4) is 0 Å². The second-order valence-electron chi connectivity index (χ2n) is 6.71. The first kappa shape index (κ1) is 20.2. The van der Waals surface area contributed by atoms with Crippen LogP contribution in [0.4, 0.5) is 28.4 Å². The molecule has 2 aliphatic rings. The van der Waals surface area contributed by atoms with Gasteiger partial charge in [-0.15, -0.1) is 0 Å². The van der Waals surface area contributed by atoms with Gasteiger partial charge in [-0.2, -0.15) is 13.2 Å². The SMILES string of the molecule is O=C(Nc1ccc(C(F)(F)F)cc1)N1CCCN(C(=O)N2CCOCC2)CC1. The molecular weight excluding hydrogens is 377 g/mol. The van der Waals surface area contributed by atoms with Gasteiger partial charge in [-0.1, -0.05) is 0 Å². The standard InChI is InChI=1S/C18H23F3N4O3/c19-18(20,21)14-2-4-15(5-3-14)22-16(26)23-6-1-7-24(9-8-23)17(27)25-10-12-28-13-11-25/h2-5H,1,6-13H2,(H,22,26). The molecule has 2 aliphatic heterocycles. The fourth-order valence-electron chi connectivity index (χ4n) is 3.21. The summed E-state index contributed by atoms with van der Waals surface area (Å²) in [6.45, 7) is 3.99. The molecule has 4 amide bonds. The van der Waals surface area contributed by atoms with Crippen molar-refractivity contribution in [2.24, 2.45) is 0 Å². The Balaban J connectivity index is 1.53. The lowest BCUT2D eigenvalue weighted by Crippen LogP contribution is -2.49. The van der Waals surface area contributed by atoms with Gasteiger partial charge in [-0.05, 0) is 30.7 Å². The van der Waals surface area contributed by atoms with Crippen molar-refractivity contribution < 1.29 is 27.5 Å². The summed E-state index contributed by atoms with van der Waals surface area (Å²) in [4.78, 5) is 30.1. The van der Waals surface area contributed by atoms with Gasteiger partial charge >= 0.3 is 18.2 Å². The lowest BCUT2D eigenvalue weighted by Gasteiger charge is -2.32. The number of carbonyl (C=O) groups is 2. The summed E-state index contributed by atoms with van der Waals surface area (Å²) >= 11 is 0. The fraction of sp³-hybridized carbons (Fsp3) is 0.556. The second kappa shape index (κ2) is 8.68. The number of carbonyl (C=O) groups excluding carboxylic acids is 2. The van der Waals surface area contributed by atoms with Crippen LogP contribution in [0.15, 0.2) is 24.3 Å². The molecule has 7 nitrogen and oxygen atoms in total. The zero-order valence-corrected chi connectivity index (χ0v) is 15.4. The van der Waals surface area contributed by atoms with Crippen LogP contribution in [-0.2, 0) is 10.9 Å². The number of benzene rings is 1. The van der Waals surface area contributed by atoms with E-state index in [-0.39, 0.29) is 12.1 Å². The van der Waals surface area contributed by atoms with Gasteiger partial charge < -0.3 is 24.8 Å². The Morgan fingerprint density at radius 1 is 0.857 bits per heavy atom. The molecular formula is C18H23F3N4O3. The molecule has 2 heterocycles. The first-order valence-electron chi connectivity index (χ1n) is 9.19. The number of halogens is 3. The van der Waals surface area contributed by atoms with E-state index < -0.39 is 11.7 Å². The largest absolute Gasteiger partial charge is 0.416 e. The molecule has 3 rings (SSSR count). The normalized spacial score (nSPS) is 18.6. The Bertz CT molecular complexity index is 690. The number of nitrogens with one attached hydrogen (secondary N) is 1. The molecule has 0 unspecified atom stereocenters. The third kappa shape index (κ3) is 5.06. The monoisotopic (exact) mass is 400 g/mol. The van der Waals surface area contributed by atoms with Crippen molar-refractivity contribution in [1.29, 1.82) is 0 Å². The molecule has 0 atom stereocenters.